The first-order chi connectivity index (χ1) is 15.7. The highest BCUT2D eigenvalue weighted by Gasteiger charge is 2.36. The molecule has 1 aliphatic heterocycles. The van der Waals surface area contributed by atoms with Crippen molar-refractivity contribution < 1.29 is 32.6 Å². The van der Waals surface area contributed by atoms with Crippen molar-refractivity contribution in [3.63, 3.8) is 0 Å². The number of rotatable bonds is 8. The molecule has 1 N–H and O–H groups in total. The lowest BCUT2D eigenvalue weighted by Gasteiger charge is -2.14. The predicted molar refractivity (Wildman–Crippen MR) is 121 cm³/mol. The van der Waals surface area contributed by atoms with Crippen LogP contribution in [0.15, 0.2) is 41.3 Å². The Morgan fingerprint density at radius 2 is 1.91 bits per heavy atom. The van der Waals surface area contributed by atoms with E-state index in [1.54, 1.807) is 13.0 Å². The van der Waals surface area contributed by atoms with Crippen LogP contribution >= 0.6 is 11.8 Å². The van der Waals surface area contributed by atoms with E-state index < -0.39 is 30.2 Å². The van der Waals surface area contributed by atoms with E-state index in [4.69, 9.17) is 4.74 Å². The van der Waals surface area contributed by atoms with Gasteiger partial charge in [-0.2, -0.15) is 8.78 Å². The Kier molecular flexibility index (Phi) is 7.70. The van der Waals surface area contributed by atoms with Gasteiger partial charge in [0.25, 0.3) is 11.1 Å². The number of nitrogens with one attached hydrogen (secondary N) is 1. The summed E-state index contributed by atoms with van der Waals surface area (Å²) in [6.07, 6.45) is 1.43. The summed E-state index contributed by atoms with van der Waals surface area (Å²) in [5, 5.41) is 2.13. The number of ether oxygens (including phenoxy) is 2. The average Bonchev–Trinajstić information content (AvgIpc) is 2.99. The lowest BCUT2D eigenvalue weighted by atomic mass is 10.1. The highest BCUT2D eigenvalue weighted by Crippen LogP contribution is 2.35. The van der Waals surface area contributed by atoms with Gasteiger partial charge in [0.05, 0.1) is 11.5 Å². The quantitative estimate of drug-likeness (QED) is 0.541. The molecule has 1 fully saturated rings. The number of thioether (sulfide) groups is 1. The summed E-state index contributed by atoms with van der Waals surface area (Å²) in [5.74, 6) is -1.18. The Morgan fingerprint density at radius 1 is 1.15 bits per heavy atom. The normalized spacial score (nSPS) is 14.8. The van der Waals surface area contributed by atoms with Gasteiger partial charge in [-0.25, -0.2) is 0 Å². The second-order valence-corrected chi connectivity index (χ2v) is 8.15. The third-order valence-corrected chi connectivity index (χ3v) is 5.52. The lowest BCUT2D eigenvalue weighted by molar-refractivity contribution is -0.127. The topological polar surface area (TPSA) is 84.9 Å². The minimum absolute atomic E-state index is 0.0821. The van der Waals surface area contributed by atoms with Gasteiger partial charge >= 0.3 is 6.61 Å². The molecular weight excluding hydrogens is 454 g/mol. The molecule has 3 rings (SSSR count). The van der Waals surface area contributed by atoms with E-state index in [9.17, 15) is 23.2 Å². The fraction of sp³-hybridized carbons (Fsp3) is 0.261. The van der Waals surface area contributed by atoms with E-state index in [1.807, 2.05) is 26.0 Å². The second-order valence-electron chi connectivity index (χ2n) is 7.15. The maximum atomic E-state index is 12.7. The molecule has 7 nitrogen and oxygen atoms in total. The van der Waals surface area contributed by atoms with Crippen molar-refractivity contribution in [2.45, 2.75) is 27.4 Å². The van der Waals surface area contributed by atoms with Gasteiger partial charge in [-0.05, 0) is 67.9 Å². The Balaban J connectivity index is 1.73. The molecule has 0 atom stereocenters. The highest BCUT2D eigenvalue weighted by atomic mass is 32.2. The van der Waals surface area contributed by atoms with Crippen LogP contribution in [0.2, 0.25) is 0 Å². The molecule has 0 aromatic heterocycles. The fourth-order valence-corrected chi connectivity index (χ4v) is 3.99. The monoisotopic (exact) mass is 476 g/mol. The van der Waals surface area contributed by atoms with E-state index in [2.05, 4.69) is 10.1 Å². The van der Waals surface area contributed by atoms with Crippen molar-refractivity contribution in [3.8, 4) is 11.5 Å². The van der Waals surface area contributed by atoms with Crippen LogP contribution in [0.1, 0.15) is 23.6 Å². The number of carbonyl (C=O) groups excluding carboxylic acids is 3. The minimum atomic E-state index is -3.01. The van der Waals surface area contributed by atoms with Crippen molar-refractivity contribution >= 4 is 40.6 Å². The van der Waals surface area contributed by atoms with Crippen LogP contribution in [0, 0.1) is 13.8 Å². The predicted octanol–water partition coefficient (Wildman–Crippen LogP) is 4.98. The number of benzene rings is 2. The van der Waals surface area contributed by atoms with Crippen LogP contribution in [0.3, 0.4) is 0 Å². The summed E-state index contributed by atoms with van der Waals surface area (Å²) in [4.78, 5) is 38.5. The summed E-state index contributed by atoms with van der Waals surface area (Å²) >= 11 is 0.691. The number of nitrogens with zero attached hydrogens (tertiary/aromatic N) is 1. The Hall–Kier alpha value is -3.40. The molecule has 1 heterocycles. The van der Waals surface area contributed by atoms with Crippen molar-refractivity contribution in [1.82, 2.24) is 4.90 Å². The third-order valence-electron chi connectivity index (χ3n) is 4.61. The van der Waals surface area contributed by atoms with Crippen LogP contribution in [-0.4, -0.2) is 41.7 Å². The van der Waals surface area contributed by atoms with E-state index >= 15 is 0 Å². The Bertz CT molecular complexity index is 1120. The number of amides is 3. The molecule has 0 spiro atoms. The summed E-state index contributed by atoms with van der Waals surface area (Å²) in [6.45, 7) is 2.24. The van der Waals surface area contributed by atoms with E-state index in [-0.39, 0.29) is 23.0 Å². The minimum Gasteiger partial charge on any atom is -0.490 e. The largest absolute Gasteiger partial charge is 0.490 e. The molecule has 3 amide bonds. The summed E-state index contributed by atoms with van der Waals surface area (Å²) < 4.78 is 34.9. The van der Waals surface area contributed by atoms with Gasteiger partial charge in [0.2, 0.25) is 5.91 Å². The second kappa shape index (κ2) is 10.5. The van der Waals surface area contributed by atoms with Gasteiger partial charge in [0, 0.05) is 5.69 Å². The number of anilines is 1. The molecule has 174 valence electrons. The molecule has 2 aromatic rings. The molecule has 0 radical (unpaired) electrons. The standard InChI is InChI=1S/C23H22F2N2O5S/c1-4-31-18-10-15(6-8-17(18)32-22(24)25)11-19-21(29)27(23(30)33-19)12-20(28)26-16-7-5-13(2)9-14(16)3/h5-11,22H,4,12H2,1-3H3,(H,26,28)/b19-11-. The number of halogens is 2. The average molecular weight is 477 g/mol. The molecule has 1 saturated heterocycles. The zero-order valence-corrected chi connectivity index (χ0v) is 19.0. The molecule has 2 aromatic carbocycles. The number of imide groups is 1. The zero-order valence-electron chi connectivity index (χ0n) is 18.2. The van der Waals surface area contributed by atoms with Crippen LogP contribution < -0.4 is 14.8 Å². The Labute approximate surface area is 193 Å². The molecule has 0 saturated carbocycles. The van der Waals surface area contributed by atoms with Gasteiger partial charge in [-0.1, -0.05) is 23.8 Å². The van der Waals surface area contributed by atoms with Crippen LogP contribution in [0.4, 0.5) is 19.3 Å². The van der Waals surface area contributed by atoms with Crippen molar-refractivity contribution in [2.24, 2.45) is 0 Å². The van der Waals surface area contributed by atoms with Gasteiger partial charge in [0.15, 0.2) is 11.5 Å². The van der Waals surface area contributed by atoms with Gasteiger partial charge in [-0.3, -0.25) is 19.3 Å². The molecule has 10 heteroatoms. The SMILES string of the molecule is CCOc1cc(/C=C2\SC(=O)N(CC(=O)Nc3ccc(C)cc3C)C2=O)ccc1OC(F)F. The van der Waals surface area contributed by atoms with E-state index in [1.165, 1.54) is 24.3 Å². The molecule has 33 heavy (non-hydrogen) atoms. The number of hydrogen-bond donors (Lipinski definition) is 1. The molecule has 1 aliphatic rings. The van der Waals surface area contributed by atoms with E-state index in [0.717, 1.165) is 16.0 Å². The summed E-state index contributed by atoms with van der Waals surface area (Å²) in [6, 6.07) is 9.70. The van der Waals surface area contributed by atoms with Gasteiger partial charge in [-0.15, -0.1) is 0 Å². The van der Waals surface area contributed by atoms with Crippen LogP contribution in [0.25, 0.3) is 6.08 Å². The van der Waals surface area contributed by atoms with Crippen molar-refractivity contribution in [2.75, 3.05) is 18.5 Å². The van der Waals surface area contributed by atoms with Crippen molar-refractivity contribution in [3.05, 3.63) is 58.0 Å². The first-order valence-electron chi connectivity index (χ1n) is 10.0. The first-order valence-corrected chi connectivity index (χ1v) is 10.8. The van der Waals surface area contributed by atoms with Gasteiger partial charge < -0.3 is 14.8 Å². The maximum Gasteiger partial charge on any atom is 0.387 e. The number of carbonyl (C=O) groups is 3. The summed E-state index contributed by atoms with van der Waals surface area (Å²) in [5.41, 5.74) is 2.96. The van der Waals surface area contributed by atoms with Crippen molar-refractivity contribution in [1.29, 1.82) is 0 Å². The van der Waals surface area contributed by atoms with Crippen LogP contribution in [0.5, 0.6) is 11.5 Å². The Morgan fingerprint density at radius 3 is 2.58 bits per heavy atom. The van der Waals surface area contributed by atoms with Gasteiger partial charge in [0.1, 0.15) is 6.54 Å². The molecule has 0 bridgehead atoms. The summed E-state index contributed by atoms with van der Waals surface area (Å²) in [7, 11) is 0. The molecule has 0 unspecified atom stereocenters. The number of hydrogen-bond acceptors (Lipinski definition) is 6. The zero-order chi connectivity index (χ0) is 24.1. The fourth-order valence-electron chi connectivity index (χ4n) is 3.15. The van der Waals surface area contributed by atoms with Crippen LogP contribution in [-0.2, 0) is 9.59 Å². The molecule has 0 aliphatic carbocycles. The van der Waals surface area contributed by atoms with E-state index in [0.29, 0.717) is 23.0 Å². The smallest absolute Gasteiger partial charge is 0.387 e. The third kappa shape index (κ3) is 6.10. The lowest BCUT2D eigenvalue weighted by Crippen LogP contribution is -2.36. The number of alkyl halides is 2. The maximum absolute atomic E-state index is 12.7. The molecular formula is C23H22F2N2O5S. The highest BCUT2D eigenvalue weighted by molar-refractivity contribution is 8.18. The first kappa shape index (κ1) is 24.2. The number of aryl methyl sites for hydroxylation is 2.